The predicted molar refractivity (Wildman–Crippen MR) is 139 cm³/mol. The van der Waals surface area contributed by atoms with Gasteiger partial charge in [-0.05, 0) is 109 Å². The minimum Gasteiger partial charge on any atom is -0.475 e. The van der Waals surface area contributed by atoms with E-state index in [-0.39, 0.29) is 24.1 Å². The van der Waals surface area contributed by atoms with Crippen LogP contribution >= 0.6 is 0 Å². The van der Waals surface area contributed by atoms with Gasteiger partial charge in [-0.15, -0.1) is 0 Å². The monoisotopic (exact) mass is 499 g/mol. The van der Waals surface area contributed by atoms with Crippen LogP contribution < -0.4 is 15.4 Å². The Morgan fingerprint density at radius 1 is 1.03 bits per heavy atom. The number of nitrogens with zero attached hydrogens (tertiary/aromatic N) is 3. The van der Waals surface area contributed by atoms with Crippen LogP contribution in [0.5, 0.6) is 5.88 Å². The number of likely N-dealkylation sites (tertiary alicyclic amines) is 1. The average Bonchev–Trinajstić information content (AvgIpc) is 3.21. The molecule has 1 aliphatic heterocycles. The zero-order valence-corrected chi connectivity index (χ0v) is 22.5. The number of rotatable bonds is 8. The zero-order chi connectivity index (χ0) is 25.4. The molecule has 6 rings (SSSR count). The summed E-state index contributed by atoms with van der Waals surface area (Å²) in [4.78, 5) is 27.6. The molecule has 0 aromatic carbocycles. The second-order valence-corrected chi connectivity index (χ2v) is 12.5. The summed E-state index contributed by atoms with van der Waals surface area (Å²) in [6, 6.07) is 0.501. The highest BCUT2D eigenvalue weighted by atomic mass is 16.5. The minimum atomic E-state index is -0.0316. The van der Waals surface area contributed by atoms with Crippen LogP contribution in [0.25, 0.3) is 0 Å². The molecule has 200 valence electrons. The van der Waals surface area contributed by atoms with Crippen molar-refractivity contribution in [3.8, 4) is 5.88 Å². The maximum Gasteiger partial charge on any atom is 0.317 e. The number of carbonyl (C=O) groups excluding carboxylic acids is 2. The van der Waals surface area contributed by atoms with Crippen molar-refractivity contribution in [1.82, 2.24) is 25.3 Å². The summed E-state index contributed by atoms with van der Waals surface area (Å²) in [5.74, 6) is 4.17. The van der Waals surface area contributed by atoms with Gasteiger partial charge >= 0.3 is 6.03 Å². The van der Waals surface area contributed by atoms with E-state index < -0.39 is 0 Å². The van der Waals surface area contributed by atoms with Crippen molar-refractivity contribution in [2.75, 3.05) is 13.1 Å². The van der Waals surface area contributed by atoms with Crippen LogP contribution in [0.4, 0.5) is 4.79 Å². The fraction of sp³-hybridized carbons (Fsp3) is 0.821. The quantitative estimate of drug-likeness (QED) is 0.553. The first-order valence-corrected chi connectivity index (χ1v) is 14.4. The summed E-state index contributed by atoms with van der Waals surface area (Å²) in [5, 5.41) is 11.0. The summed E-state index contributed by atoms with van der Waals surface area (Å²) < 4.78 is 8.03. The third-order valence-corrected chi connectivity index (χ3v) is 8.97. The number of carbonyl (C=O) groups is 2. The molecule has 5 aliphatic rings. The first-order valence-electron chi connectivity index (χ1n) is 14.4. The summed E-state index contributed by atoms with van der Waals surface area (Å²) in [6.45, 7) is 10.3. The highest BCUT2D eigenvalue weighted by Gasteiger charge is 2.48. The smallest absolute Gasteiger partial charge is 0.317 e. The number of hydrogen-bond acceptors (Lipinski definition) is 4. The van der Waals surface area contributed by atoms with Crippen molar-refractivity contribution < 1.29 is 14.3 Å². The van der Waals surface area contributed by atoms with E-state index in [4.69, 9.17) is 4.74 Å². The molecule has 1 saturated heterocycles. The number of aromatic nitrogens is 2. The van der Waals surface area contributed by atoms with Crippen molar-refractivity contribution >= 4 is 11.9 Å². The second kappa shape index (κ2) is 10.6. The molecule has 2 heterocycles. The van der Waals surface area contributed by atoms with E-state index in [1.807, 2.05) is 37.3 Å². The highest BCUT2D eigenvalue weighted by Crippen LogP contribution is 2.53. The fourth-order valence-corrected chi connectivity index (χ4v) is 7.49. The van der Waals surface area contributed by atoms with E-state index >= 15 is 0 Å². The van der Waals surface area contributed by atoms with Crippen LogP contribution in [-0.4, -0.2) is 57.9 Å². The number of aryl methyl sites for hydroxylation is 1. The van der Waals surface area contributed by atoms with Gasteiger partial charge < -0.3 is 20.3 Å². The zero-order valence-electron chi connectivity index (χ0n) is 22.5. The SMILES string of the molecule is CC(C)NC(=O)N1CCC(CCn2ncc(C(=O)NC3C4CC5CC(C4)CC3C5)c2OC(C)C)CC1. The molecular formula is C28H45N5O3. The lowest BCUT2D eigenvalue weighted by Crippen LogP contribution is -2.55. The Balaban J connectivity index is 1.19. The van der Waals surface area contributed by atoms with Gasteiger partial charge in [0.15, 0.2) is 0 Å². The van der Waals surface area contributed by atoms with Crippen molar-refractivity contribution in [3.05, 3.63) is 11.8 Å². The minimum absolute atomic E-state index is 0.0288. The third-order valence-electron chi connectivity index (χ3n) is 8.97. The number of urea groups is 1. The van der Waals surface area contributed by atoms with E-state index in [0.29, 0.717) is 35.2 Å². The van der Waals surface area contributed by atoms with Crippen molar-refractivity contribution in [1.29, 1.82) is 0 Å². The number of piperidine rings is 1. The Morgan fingerprint density at radius 3 is 2.25 bits per heavy atom. The molecule has 36 heavy (non-hydrogen) atoms. The molecule has 1 aromatic rings. The van der Waals surface area contributed by atoms with Gasteiger partial charge in [0.1, 0.15) is 5.56 Å². The Labute approximate surface area is 215 Å². The van der Waals surface area contributed by atoms with E-state index in [0.717, 1.165) is 50.7 Å². The van der Waals surface area contributed by atoms with Gasteiger partial charge in [0, 0.05) is 31.7 Å². The van der Waals surface area contributed by atoms with Crippen LogP contribution in [0.15, 0.2) is 6.20 Å². The van der Waals surface area contributed by atoms with Gasteiger partial charge in [0.05, 0.1) is 12.3 Å². The largest absolute Gasteiger partial charge is 0.475 e. The molecule has 3 amide bonds. The standard InChI is InChI=1S/C28H45N5O3/c1-17(2)30-28(35)32-8-5-19(6-9-32)7-10-33-27(36-18(3)4)24(16-29-33)26(34)31-25-22-12-20-11-21(14-22)15-23(25)13-20/h16-23,25H,5-15H2,1-4H3,(H,30,35)(H,31,34). The summed E-state index contributed by atoms with van der Waals surface area (Å²) in [6.07, 6.45) is 11.2. The summed E-state index contributed by atoms with van der Waals surface area (Å²) in [5.41, 5.74) is 0.567. The third kappa shape index (κ3) is 5.52. The van der Waals surface area contributed by atoms with Crippen molar-refractivity contribution in [2.24, 2.45) is 29.6 Å². The lowest BCUT2D eigenvalue weighted by atomic mass is 9.54. The van der Waals surface area contributed by atoms with E-state index in [2.05, 4.69) is 15.7 Å². The van der Waals surface area contributed by atoms with E-state index in [1.54, 1.807) is 6.20 Å². The number of nitrogens with one attached hydrogen (secondary N) is 2. The molecule has 0 radical (unpaired) electrons. The van der Waals surface area contributed by atoms with Gasteiger partial charge in [-0.1, -0.05) is 0 Å². The van der Waals surface area contributed by atoms with Crippen LogP contribution in [0, 0.1) is 29.6 Å². The van der Waals surface area contributed by atoms with Crippen LogP contribution in [0.2, 0.25) is 0 Å². The maximum absolute atomic E-state index is 13.4. The maximum atomic E-state index is 13.4. The molecule has 1 aromatic heterocycles. The van der Waals surface area contributed by atoms with Gasteiger partial charge in [0.25, 0.3) is 5.91 Å². The first kappa shape index (κ1) is 25.4. The molecule has 0 spiro atoms. The van der Waals surface area contributed by atoms with E-state index in [1.165, 1.54) is 32.1 Å². The molecular weight excluding hydrogens is 454 g/mol. The Hall–Kier alpha value is -2.25. The molecule has 8 heteroatoms. The Kier molecular flexibility index (Phi) is 7.49. The number of hydrogen-bond donors (Lipinski definition) is 2. The van der Waals surface area contributed by atoms with Gasteiger partial charge in [-0.3, -0.25) is 4.79 Å². The normalized spacial score (nSPS) is 29.7. The van der Waals surface area contributed by atoms with Crippen molar-refractivity contribution in [3.63, 3.8) is 0 Å². The van der Waals surface area contributed by atoms with Crippen LogP contribution in [-0.2, 0) is 6.54 Å². The van der Waals surface area contributed by atoms with Gasteiger partial charge in [0.2, 0.25) is 5.88 Å². The fourth-order valence-electron chi connectivity index (χ4n) is 7.49. The Morgan fingerprint density at radius 2 is 1.67 bits per heavy atom. The highest BCUT2D eigenvalue weighted by molar-refractivity contribution is 5.96. The van der Waals surface area contributed by atoms with Crippen LogP contribution in [0.1, 0.15) is 89.4 Å². The molecule has 5 fully saturated rings. The summed E-state index contributed by atoms with van der Waals surface area (Å²) in [7, 11) is 0. The molecule has 8 nitrogen and oxygen atoms in total. The molecule has 2 N–H and O–H groups in total. The summed E-state index contributed by atoms with van der Waals surface area (Å²) >= 11 is 0. The first-order chi connectivity index (χ1) is 17.3. The average molecular weight is 500 g/mol. The predicted octanol–water partition coefficient (Wildman–Crippen LogP) is 4.44. The number of amides is 3. The van der Waals surface area contributed by atoms with Gasteiger partial charge in [-0.25, -0.2) is 9.48 Å². The van der Waals surface area contributed by atoms with E-state index in [9.17, 15) is 9.59 Å². The Bertz CT molecular complexity index is 906. The second-order valence-electron chi connectivity index (χ2n) is 12.5. The molecule has 4 saturated carbocycles. The topological polar surface area (TPSA) is 88.5 Å². The molecule has 0 unspecified atom stereocenters. The molecule has 4 bridgehead atoms. The van der Waals surface area contributed by atoms with Crippen LogP contribution in [0.3, 0.4) is 0 Å². The molecule has 0 atom stereocenters. The lowest BCUT2D eigenvalue weighted by Gasteiger charge is -2.54. The van der Waals surface area contributed by atoms with Crippen molar-refractivity contribution in [2.45, 2.75) is 104 Å². The lowest BCUT2D eigenvalue weighted by molar-refractivity contribution is -0.0120. The molecule has 4 aliphatic carbocycles. The number of ether oxygens (including phenoxy) is 1. The van der Waals surface area contributed by atoms with Gasteiger partial charge in [-0.2, -0.15) is 5.10 Å².